The fourth-order valence-electron chi connectivity index (χ4n) is 3.96. The van der Waals surface area contributed by atoms with E-state index in [-0.39, 0.29) is 12.1 Å². The Morgan fingerprint density at radius 1 is 0.900 bits per heavy atom. The number of aromatic nitrogens is 4. The van der Waals surface area contributed by atoms with E-state index in [0.29, 0.717) is 11.7 Å². The Hall–Kier alpha value is -3.58. The number of hydrogen-bond donors (Lipinski definition) is 1. The van der Waals surface area contributed by atoms with Gasteiger partial charge in [-0.2, -0.15) is 0 Å². The van der Waals surface area contributed by atoms with E-state index in [4.69, 9.17) is 12.2 Å². The molecule has 0 spiro atoms. The summed E-state index contributed by atoms with van der Waals surface area (Å²) >= 11 is 5.78. The van der Waals surface area contributed by atoms with Gasteiger partial charge in [-0.15, -0.1) is 0 Å². The highest BCUT2D eigenvalue weighted by molar-refractivity contribution is 7.80. The molecule has 0 bridgehead atoms. The van der Waals surface area contributed by atoms with Gasteiger partial charge in [0.2, 0.25) is 0 Å². The zero-order chi connectivity index (χ0) is 20.3. The van der Waals surface area contributed by atoms with Crippen molar-refractivity contribution >= 4 is 17.3 Å². The second-order valence-corrected chi connectivity index (χ2v) is 7.51. The van der Waals surface area contributed by atoms with Crippen LogP contribution < -0.4 is 5.32 Å². The SMILES string of the molecule is S=C1N[C@H](c2ccccn2)[C@@H](c2cccn2-c2ccncc2)N1Cc1cccnc1. The van der Waals surface area contributed by atoms with Gasteiger partial charge in [0.1, 0.15) is 0 Å². The van der Waals surface area contributed by atoms with E-state index in [9.17, 15) is 0 Å². The van der Waals surface area contributed by atoms with Crippen LogP contribution >= 0.6 is 12.2 Å². The molecule has 4 aromatic rings. The van der Waals surface area contributed by atoms with E-state index in [1.54, 1.807) is 18.6 Å². The van der Waals surface area contributed by atoms with Crippen molar-refractivity contribution in [3.8, 4) is 5.69 Å². The van der Waals surface area contributed by atoms with Crippen molar-refractivity contribution in [2.45, 2.75) is 18.6 Å². The molecule has 148 valence electrons. The van der Waals surface area contributed by atoms with Gasteiger partial charge in [0.05, 0.1) is 17.8 Å². The summed E-state index contributed by atoms with van der Waals surface area (Å²) in [5.74, 6) is 0. The normalized spacial score (nSPS) is 18.4. The quantitative estimate of drug-likeness (QED) is 0.503. The van der Waals surface area contributed by atoms with Gasteiger partial charge in [0.15, 0.2) is 5.11 Å². The number of thiocarbonyl (C=S) groups is 1. The lowest BCUT2D eigenvalue weighted by molar-refractivity contribution is 0.302. The zero-order valence-electron chi connectivity index (χ0n) is 16.2. The van der Waals surface area contributed by atoms with Gasteiger partial charge in [-0.1, -0.05) is 12.1 Å². The molecule has 30 heavy (non-hydrogen) atoms. The number of nitrogens with zero attached hydrogens (tertiary/aromatic N) is 5. The Labute approximate surface area is 180 Å². The van der Waals surface area contributed by atoms with Gasteiger partial charge in [-0.05, 0) is 60.2 Å². The molecule has 4 aromatic heterocycles. The number of hydrogen-bond acceptors (Lipinski definition) is 4. The first kappa shape index (κ1) is 18.4. The Balaban J connectivity index is 1.60. The van der Waals surface area contributed by atoms with E-state index < -0.39 is 0 Å². The second kappa shape index (κ2) is 8.04. The van der Waals surface area contributed by atoms with Crippen LogP contribution in [0.25, 0.3) is 5.69 Å². The molecule has 1 N–H and O–H groups in total. The molecule has 5 rings (SSSR count). The molecule has 7 heteroatoms. The summed E-state index contributed by atoms with van der Waals surface area (Å²) in [6.07, 6.45) is 11.2. The first-order chi connectivity index (χ1) is 14.8. The maximum absolute atomic E-state index is 5.78. The molecule has 6 nitrogen and oxygen atoms in total. The minimum atomic E-state index is -0.0640. The minimum absolute atomic E-state index is 0.0317. The van der Waals surface area contributed by atoms with Crippen molar-refractivity contribution in [3.05, 3.63) is 109 Å². The summed E-state index contributed by atoms with van der Waals surface area (Å²) in [4.78, 5) is 15.3. The Kier molecular flexibility index (Phi) is 4.94. The van der Waals surface area contributed by atoms with Crippen LogP contribution in [0.5, 0.6) is 0 Å². The summed E-state index contributed by atoms with van der Waals surface area (Å²) < 4.78 is 2.19. The van der Waals surface area contributed by atoms with Crippen molar-refractivity contribution in [1.29, 1.82) is 0 Å². The van der Waals surface area contributed by atoms with Gasteiger partial charge < -0.3 is 14.8 Å². The highest BCUT2D eigenvalue weighted by Gasteiger charge is 2.41. The summed E-state index contributed by atoms with van der Waals surface area (Å²) in [5, 5.41) is 4.22. The van der Waals surface area contributed by atoms with Crippen molar-refractivity contribution in [2.75, 3.05) is 0 Å². The Bertz CT molecular complexity index is 1130. The van der Waals surface area contributed by atoms with Crippen LogP contribution in [0.2, 0.25) is 0 Å². The average molecular weight is 413 g/mol. The molecular formula is C23H20N6S. The van der Waals surface area contributed by atoms with Crippen molar-refractivity contribution in [2.24, 2.45) is 0 Å². The smallest absolute Gasteiger partial charge is 0.170 e. The Morgan fingerprint density at radius 2 is 1.80 bits per heavy atom. The highest BCUT2D eigenvalue weighted by Crippen LogP contribution is 2.40. The summed E-state index contributed by atoms with van der Waals surface area (Å²) in [7, 11) is 0. The molecule has 0 radical (unpaired) electrons. The molecule has 1 saturated heterocycles. The van der Waals surface area contributed by atoms with Gasteiger partial charge in [-0.25, -0.2) is 0 Å². The maximum atomic E-state index is 5.78. The van der Waals surface area contributed by atoms with Gasteiger partial charge in [0.25, 0.3) is 0 Å². The molecular weight excluding hydrogens is 392 g/mol. The predicted molar refractivity (Wildman–Crippen MR) is 119 cm³/mol. The van der Waals surface area contributed by atoms with Crippen molar-refractivity contribution in [3.63, 3.8) is 0 Å². The predicted octanol–water partition coefficient (Wildman–Crippen LogP) is 3.84. The number of pyridine rings is 3. The van der Waals surface area contributed by atoms with Crippen LogP contribution in [0.4, 0.5) is 0 Å². The highest BCUT2D eigenvalue weighted by atomic mass is 32.1. The third kappa shape index (κ3) is 3.44. The molecule has 5 heterocycles. The lowest BCUT2D eigenvalue weighted by Gasteiger charge is -2.29. The molecule has 1 aliphatic rings. The lowest BCUT2D eigenvalue weighted by atomic mass is 10.0. The van der Waals surface area contributed by atoms with E-state index in [1.165, 1.54) is 0 Å². The molecule has 0 amide bonds. The van der Waals surface area contributed by atoms with Crippen LogP contribution in [0.15, 0.2) is 91.8 Å². The van der Waals surface area contributed by atoms with Crippen molar-refractivity contribution in [1.82, 2.24) is 29.7 Å². The number of rotatable bonds is 5. The molecule has 2 atom stereocenters. The van der Waals surface area contributed by atoms with Crippen LogP contribution in [0.3, 0.4) is 0 Å². The minimum Gasteiger partial charge on any atom is -0.352 e. The molecule has 0 saturated carbocycles. The zero-order valence-corrected chi connectivity index (χ0v) is 17.0. The van der Waals surface area contributed by atoms with Crippen LogP contribution in [-0.2, 0) is 6.54 Å². The topological polar surface area (TPSA) is 58.9 Å². The molecule has 0 aliphatic carbocycles. The molecule has 0 aromatic carbocycles. The number of nitrogens with one attached hydrogen (secondary N) is 1. The van der Waals surface area contributed by atoms with E-state index >= 15 is 0 Å². The van der Waals surface area contributed by atoms with E-state index in [2.05, 4.69) is 54.1 Å². The summed E-state index contributed by atoms with van der Waals surface area (Å²) in [6, 6.07) is 18.1. The Morgan fingerprint density at radius 3 is 2.57 bits per heavy atom. The third-order valence-electron chi connectivity index (χ3n) is 5.30. The summed E-state index contributed by atoms with van der Waals surface area (Å²) in [6.45, 7) is 0.662. The standard InChI is InChI=1S/C23H20N6S/c30-23-27-21(19-6-1-2-11-26-19)22(29(23)16-17-5-3-10-25-15-17)20-7-4-14-28(20)18-8-12-24-13-9-18/h1-15,21-22H,16H2,(H,27,30)/t21-,22-/m1/s1. The summed E-state index contributed by atoms with van der Waals surface area (Å²) in [5.41, 5.74) is 4.26. The average Bonchev–Trinajstić information content (AvgIpc) is 3.40. The van der Waals surface area contributed by atoms with Crippen molar-refractivity contribution < 1.29 is 0 Å². The third-order valence-corrected chi connectivity index (χ3v) is 5.65. The van der Waals surface area contributed by atoms with Gasteiger partial charge >= 0.3 is 0 Å². The van der Waals surface area contributed by atoms with E-state index in [1.807, 2.05) is 48.8 Å². The lowest BCUT2D eigenvalue weighted by Crippen LogP contribution is -2.30. The maximum Gasteiger partial charge on any atom is 0.170 e. The fourth-order valence-corrected chi connectivity index (χ4v) is 4.27. The van der Waals surface area contributed by atoms with Crippen LogP contribution in [-0.4, -0.2) is 29.5 Å². The fraction of sp³-hybridized carbons (Fsp3) is 0.130. The first-order valence-electron chi connectivity index (χ1n) is 9.76. The van der Waals surface area contributed by atoms with E-state index in [0.717, 1.165) is 22.6 Å². The van der Waals surface area contributed by atoms with Gasteiger partial charge in [-0.3, -0.25) is 15.0 Å². The molecule has 0 unspecified atom stereocenters. The van der Waals surface area contributed by atoms with Gasteiger partial charge in [0, 0.05) is 55.1 Å². The van der Waals surface area contributed by atoms with Crippen LogP contribution in [0, 0.1) is 0 Å². The second-order valence-electron chi connectivity index (χ2n) is 7.12. The molecule has 1 fully saturated rings. The van der Waals surface area contributed by atoms with Crippen LogP contribution in [0.1, 0.15) is 29.0 Å². The monoisotopic (exact) mass is 412 g/mol. The largest absolute Gasteiger partial charge is 0.352 e. The first-order valence-corrected chi connectivity index (χ1v) is 10.2. The molecule has 1 aliphatic heterocycles.